The highest BCUT2D eigenvalue weighted by Gasteiger charge is 2.21. The maximum absolute atomic E-state index is 8.79. The molecular weight excluding hydrogens is 222 g/mol. The van der Waals surface area contributed by atoms with E-state index in [2.05, 4.69) is 24.7 Å². The van der Waals surface area contributed by atoms with Crippen LogP contribution in [0.15, 0.2) is 24.3 Å². The van der Waals surface area contributed by atoms with E-state index in [0.29, 0.717) is 0 Å². The van der Waals surface area contributed by atoms with Gasteiger partial charge in [0, 0.05) is 9.52 Å². The summed E-state index contributed by atoms with van der Waals surface area (Å²) in [4.78, 5) is 0. The van der Waals surface area contributed by atoms with Crippen molar-refractivity contribution in [2.75, 3.05) is 0 Å². The van der Waals surface area contributed by atoms with E-state index in [1.807, 2.05) is 12.1 Å². The first-order valence-corrected chi connectivity index (χ1v) is 9.25. The Morgan fingerprint density at radius 2 is 1.82 bits per heavy atom. The van der Waals surface area contributed by atoms with E-state index in [0.717, 1.165) is 17.4 Å². The lowest BCUT2D eigenvalue weighted by Crippen LogP contribution is -2.14. The van der Waals surface area contributed by atoms with Crippen molar-refractivity contribution in [3.05, 3.63) is 35.4 Å². The highest BCUT2D eigenvalue weighted by molar-refractivity contribution is 6.33. The number of rotatable bonds is 3. The molecule has 1 fully saturated rings. The van der Waals surface area contributed by atoms with Crippen LogP contribution < -0.4 is 0 Å². The first-order valence-electron chi connectivity index (χ1n) is 6.83. The monoisotopic (exact) mass is 243 g/mol. The zero-order valence-corrected chi connectivity index (χ0v) is 12.1. The molecular formula is C15H21NSi. The molecule has 1 nitrogen and oxygen atoms in total. The van der Waals surface area contributed by atoms with Gasteiger partial charge < -0.3 is 0 Å². The topological polar surface area (TPSA) is 23.8 Å². The number of nitrogens with zero attached hydrogens (tertiary/aromatic N) is 1. The summed E-state index contributed by atoms with van der Waals surface area (Å²) in [6.07, 6.45) is 5.55. The van der Waals surface area contributed by atoms with Crippen LogP contribution in [0.3, 0.4) is 0 Å². The van der Waals surface area contributed by atoms with Gasteiger partial charge in [-0.1, -0.05) is 37.6 Å². The Morgan fingerprint density at radius 1 is 1.18 bits per heavy atom. The van der Waals surface area contributed by atoms with Gasteiger partial charge >= 0.3 is 0 Å². The van der Waals surface area contributed by atoms with Crippen LogP contribution in [0.5, 0.6) is 0 Å². The fraction of sp³-hybridized carbons (Fsp3) is 0.533. The molecule has 17 heavy (non-hydrogen) atoms. The standard InChI is InChI=1S/C15H21NSi/c1-17-11-13-4-8-15(9-5-13)14-6-2-12(10-16)3-7-14/h2-3,6-7,13,15H,4-5,8-9,11,17H2,1H3/t13-,15-. The molecule has 0 radical (unpaired) electrons. The van der Waals surface area contributed by atoms with Crippen molar-refractivity contribution in [3.63, 3.8) is 0 Å². The normalized spacial score (nSPS) is 24.9. The van der Waals surface area contributed by atoms with Gasteiger partial charge in [-0.2, -0.15) is 5.26 Å². The molecule has 0 atom stereocenters. The van der Waals surface area contributed by atoms with Crippen molar-refractivity contribution >= 4 is 9.52 Å². The molecule has 2 rings (SSSR count). The molecule has 1 saturated carbocycles. The van der Waals surface area contributed by atoms with Crippen LogP contribution in [-0.2, 0) is 0 Å². The summed E-state index contributed by atoms with van der Waals surface area (Å²) in [5, 5.41) is 8.79. The Balaban J connectivity index is 1.94. The summed E-state index contributed by atoms with van der Waals surface area (Å²) in [5.74, 6) is 1.78. The van der Waals surface area contributed by atoms with E-state index in [4.69, 9.17) is 5.26 Å². The number of hydrogen-bond donors (Lipinski definition) is 0. The molecule has 0 aliphatic heterocycles. The summed E-state index contributed by atoms with van der Waals surface area (Å²) in [7, 11) is 0.245. The minimum absolute atomic E-state index is 0.245. The second-order valence-electron chi connectivity index (χ2n) is 5.24. The Hall–Kier alpha value is -1.07. The molecule has 0 amide bonds. The molecule has 2 heteroatoms. The average Bonchev–Trinajstić information content (AvgIpc) is 2.40. The van der Waals surface area contributed by atoms with Crippen LogP contribution >= 0.6 is 0 Å². The van der Waals surface area contributed by atoms with Gasteiger partial charge in [0.1, 0.15) is 0 Å². The van der Waals surface area contributed by atoms with Gasteiger partial charge in [0.05, 0.1) is 11.6 Å². The van der Waals surface area contributed by atoms with Crippen LogP contribution in [0.4, 0.5) is 0 Å². The quantitative estimate of drug-likeness (QED) is 0.746. The average molecular weight is 243 g/mol. The summed E-state index contributed by atoms with van der Waals surface area (Å²) >= 11 is 0. The van der Waals surface area contributed by atoms with E-state index < -0.39 is 0 Å². The molecule has 0 unspecified atom stereocenters. The molecule has 0 spiro atoms. The molecule has 0 N–H and O–H groups in total. The zero-order valence-electron chi connectivity index (χ0n) is 10.7. The number of nitriles is 1. The van der Waals surface area contributed by atoms with E-state index in [1.165, 1.54) is 31.2 Å². The second-order valence-corrected chi connectivity index (χ2v) is 6.82. The fourth-order valence-electron chi connectivity index (χ4n) is 3.02. The lowest BCUT2D eigenvalue weighted by molar-refractivity contribution is 0.347. The van der Waals surface area contributed by atoms with Gasteiger partial charge in [-0.3, -0.25) is 0 Å². The molecule has 0 bridgehead atoms. The van der Waals surface area contributed by atoms with E-state index >= 15 is 0 Å². The Morgan fingerprint density at radius 3 is 2.35 bits per heavy atom. The van der Waals surface area contributed by atoms with Gasteiger partial charge in [0.2, 0.25) is 0 Å². The van der Waals surface area contributed by atoms with Gasteiger partial charge in [-0.15, -0.1) is 0 Å². The zero-order chi connectivity index (χ0) is 12.1. The van der Waals surface area contributed by atoms with Crippen LogP contribution in [0.1, 0.15) is 42.7 Å². The lowest BCUT2D eigenvalue weighted by atomic mass is 9.79. The molecule has 0 saturated heterocycles. The molecule has 90 valence electrons. The molecule has 1 aliphatic rings. The first kappa shape index (κ1) is 12.4. The first-order chi connectivity index (χ1) is 8.33. The third-order valence-corrected chi connectivity index (χ3v) is 5.45. The van der Waals surface area contributed by atoms with Crippen molar-refractivity contribution in [2.24, 2.45) is 5.92 Å². The molecule has 0 aromatic heterocycles. The lowest BCUT2D eigenvalue weighted by Gasteiger charge is -2.28. The van der Waals surface area contributed by atoms with Crippen molar-refractivity contribution < 1.29 is 0 Å². The third kappa shape index (κ3) is 3.20. The molecule has 1 aromatic rings. The maximum atomic E-state index is 8.79. The minimum Gasteiger partial charge on any atom is -0.192 e. The van der Waals surface area contributed by atoms with Gasteiger partial charge in [0.25, 0.3) is 0 Å². The van der Waals surface area contributed by atoms with Gasteiger partial charge in [0.15, 0.2) is 0 Å². The highest BCUT2D eigenvalue weighted by atomic mass is 28.2. The predicted molar refractivity (Wildman–Crippen MR) is 75.1 cm³/mol. The predicted octanol–water partition coefficient (Wildman–Crippen LogP) is 3.47. The second kappa shape index (κ2) is 6.02. The molecule has 1 aromatic carbocycles. The maximum Gasteiger partial charge on any atom is 0.0991 e. The summed E-state index contributed by atoms with van der Waals surface area (Å²) in [6, 6.07) is 11.9. The SMILES string of the molecule is C[SiH2]C[C@H]1CC[C@H](c2ccc(C#N)cc2)CC1. The molecule has 0 heterocycles. The minimum atomic E-state index is 0.245. The van der Waals surface area contributed by atoms with E-state index in [-0.39, 0.29) is 9.52 Å². The number of hydrogen-bond acceptors (Lipinski definition) is 1. The Bertz CT molecular complexity index is 382. The van der Waals surface area contributed by atoms with Crippen LogP contribution in [0.25, 0.3) is 0 Å². The van der Waals surface area contributed by atoms with Crippen molar-refractivity contribution in [3.8, 4) is 6.07 Å². The fourth-order valence-corrected chi connectivity index (χ4v) is 4.42. The summed E-state index contributed by atoms with van der Waals surface area (Å²) in [6.45, 7) is 2.42. The van der Waals surface area contributed by atoms with Crippen molar-refractivity contribution in [2.45, 2.75) is 44.2 Å². The van der Waals surface area contributed by atoms with E-state index in [9.17, 15) is 0 Å². The van der Waals surface area contributed by atoms with Crippen LogP contribution in [0.2, 0.25) is 12.6 Å². The van der Waals surface area contributed by atoms with E-state index in [1.54, 1.807) is 6.04 Å². The largest absolute Gasteiger partial charge is 0.192 e. The Labute approximate surface area is 107 Å². The highest BCUT2D eigenvalue weighted by Crippen LogP contribution is 2.37. The van der Waals surface area contributed by atoms with Crippen molar-refractivity contribution in [1.29, 1.82) is 5.26 Å². The Kier molecular flexibility index (Phi) is 4.39. The van der Waals surface area contributed by atoms with Gasteiger partial charge in [-0.05, 0) is 42.4 Å². The van der Waals surface area contributed by atoms with Crippen molar-refractivity contribution in [1.82, 2.24) is 0 Å². The third-order valence-electron chi connectivity index (χ3n) is 4.05. The summed E-state index contributed by atoms with van der Waals surface area (Å²) < 4.78 is 0. The van der Waals surface area contributed by atoms with Gasteiger partial charge in [-0.25, -0.2) is 0 Å². The number of benzene rings is 1. The summed E-state index contributed by atoms with van der Waals surface area (Å²) in [5.41, 5.74) is 2.22. The molecule has 1 aliphatic carbocycles. The smallest absolute Gasteiger partial charge is 0.0991 e. The van der Waals surface area contributed by atoms with Crippen LogP contribution in [0, 0.1) is 17.2 Å². The van der Waals surface area contributed by atoms with Crippen LogP contribution in [-0.4, -0.2) is 9.52 Å².